The van der Waals surface area contributed by atoms with Gasteiger partial charge in [-0.25, -0.2) is 0 Å². The molecule has 7 heteroatoms. The third-order valence-corrected chi connectivity index (χ3v) is 9.15. The Labute approximate surface area is 269 Å². The number of aryl methyl sites for hydroxylation is 1. The number of hydrogen-bond acceptors (Lipinski definition) is 4. The summed E-state index contributed by atoms with van der Waals surface area (Å²) in [6, 6.07) is 44.3. The molecule has 228 valence electrons. The standard InChI is InChI=1S/C39H29F3N2OS/c1-26-8-18-33(19-9-26)45-34-20-14-30(15-21-34)44(29-6-4-3-5-7-29)32-17-23-36-35-22-16-31(24-37(35)46-38(36)25-32)43(2)28-12-10-27(11-13-28)39(40,41)42/h3-25H,1-2H3. The highest BCUT2D eigenvalue weighted by atomic mass is 32.1. The molecule has 0 bridgehead atoms. The fourth-order valence-corrected chi connectivity index (χ4v) is 6.73. The van der Waals surface area contributed by atoms with Gasteiger partial charge in [-0.1, -0.05) is 48.0 Å². The summed E-state index contributed by atoms with van der Waals surface area (Å²) in [6.45, 7) is 2.05. The van der Waals surface area contributed by atoms with Crippen LogP contribution in [0.25, 0.3) is 20.2 Å². The second-order valence-electron chi connectivity index (χ2n) is 11.1. The van der Waals surface area contributed by atoms with Gasteiger partial charge in [-0.3, -0.25) is 0 Å². The van der Waals surface area contributed by atoms with E-state index >= 15 is 0 Å². The van der Waals surface area contributed by atoms with Gasteiger partial charge in [0.25, 0.3) is 0 Å². The van der Waals surface area contributed by atoms with Crippen LogP contribution in [0.3, 0.4) is 0 Å². The van der Waals surface area contributed by atoms with Crippen LogP contribution in [-0.4, -0.2) is 7.05 Å². The fraction of sp³-hybridized carbons (Fsp3) is 0.0769. The molecule has 0 amide bonds. The summed E-state index contributed by atoms with van der Waals surface area (Å²) in [5.74, 6) is 1.56. The molecule has 0 radical (unpaired) electrons. The van der Waals surface area contributed by atoms with Gasteiger partial charge >= 0.3 is 6.18 Å². The van der Waals surface area contributed by atoms with Crippen LogP contribution in [0.4, 0.5) is 41.6 Å². The van der Waals surface area contributed by atoms with Crippen molar-refractivity contribution in [1.82, 2.24) is 0 Å². The lowest BCUT2D eigenvalue weighted by molar-refractivity contribution is -0.137. The highest BCUT2D eigenvalue weighted by molar-refractivity contribution is 7.25. The van der Waals surface area contributed by atoms with E-state index in [1.165, 1.54) is 17.7 Å². The molecule has 7 aromatic rings. The molecule has 0 unspecified atom stereocenters. The first-order valence-corrected chi connectivity index (χ1v) is 15.6. The number of ether oxygens (including phenoxy) is 1. The molecule has 0 aliphatic rings. The molecule has 0 aliphatic carbocycles. The summed E-state index contributed by atoms with van der Waals surface area (Å²) >= 11 is 1.70. The van der Waals surface area contributed by atoms with Gasteiger partial charge in [0.15, 0.2) is 0 Å². The van der Waals surface area contributed by atoms with Crippen molar-refractivity contribution >= 4 is 59.9 Å². The molecule has 0 spiro atoms. The summed E-state index contributed by atoms with van der Waals surface area (Å²) in [5.41, 5.74) is 5.18. The third kappa shape index (κ3) is 5.89. The van der Waals surface area contributed by atoms with Gasteiger partial charge in [0.05, 0.1) is 5.56 Å². The number of benzene rings is 6. The Morgan fingerprint density at radius 1 is 0.543 bits per heavy atom. The Hall–Kier alpha value is -5.27. The van der Waals surface area contributed by atoms with Crippen molar-refractivity contribution in [2.75, 3.05) is 16.8 Å². The first kappa shape index (κ1) is 29.4. The fourth-order valence-electron chi connectivity index (χ4n) is 5.56. The second kappa shape index (κ2) is 11.9. The molecule has 46 heavy (non-hydrogen) atoms. The van der Waals surface area contributed by atoms with Gasteiger partial charge in [0.2, 0.25) is 0 Å². The maximum atomic E-state index is 13.1. The van der Waals surface area contributed by atoms with Crippen LogP contribution in [0.5, 0.6) is 11.5 Å². The van der Waals surface area contributed by atoms with Crippen LogP contribution in [0.2, 0.25) is 0 Å². The summed E-state index contributed by atoms with van der Waals surface area (Å²) < 4.78 is 47.5. The Morgan fingerprint density at radius 2 is 1.04 bits per heavy atom. The van der Waals surface area contributed by atoms with E-state index in [0.29, 0.717) is 5.69 Å². The Balaban J connectivity index is 1.21. The molecule has 7 rings (SSSR count). The normalized spacial score (nSPS) is 11.6. The summed E-state index contributed by atoms with van der Waals surface area (Å²) in [5, 5.41) is 2.29. The summed E-state index contributed by atoms with van der Waals surface area (Å²) in [7, 11) is 1.87. The lowest BCUT2D eigenvalue weighted by atomic mass is 10.1. The predicted molar refractivity (Wildman–Crippen MR) is 185 cm³/mol. The van der Waals surface area contributed by atoms with Crippen LogP contribution >= 0.6 is 11.3 Å². The van der Waals surface area contributed by atoms with Crippen LogP contribution in [0.15, 0.2) is 140 Å². The minimum absolute atomic E-state index is 0.656. The monoisotopic (exact) mass is 630 g/mol. The number of fused-ring (bicyclic) bond motifs is 3. The van der Waals surface area contributed by atoms with Crippen molar-refractivity contribution in [3.8, 4) is 11.5 Å². The highest BCUT2D eigenvalue weighted by Crippen LogP contribution is 2.42. The topological polar surface area (TPSA) is 15.7 Å². The minimum Gasteiger partial charge on any atom is -0.457 e. The number of rotatable bonds is 7. The van der Waals surface area contributed by atoms with Crippen molar-refractivity contribution in [3.05, 3.63) is 151 Å². The Bertz CT molecular complexity index is 2120. The van der Waals surface area contributed by atoms with Crippen molar-refractivity contribution in [3.63, 3.8) is 0 Å². The lowest BCUT2D eigenvalue weighted by Crippen LogP contribution is -2.10. The average molecular weight is 631 g/mol. The number of para-hydroxylation sites is 1. The molecule has 0 saturated heterocycles. The van der Waals surface area contributed by atoms with E-state index in [4.69, 9.17) is 4.74 Å². The molecule has 1 heterocycles. The predicted octanol–water partition coefficient (Wildman–Crippen LogP) is 12.4. The largest absolute Gasteiger partial charge is 0.457 e. The van der Waals surface area contributed by atoms with Crippen LogP contribution in [0, 0.1) is 6.92 Å². The molecule has 0 atom stereocenters. The number of alkyl halides is 3. The van der Waals surface area contributed by atoms with Gasteiger partial charge in [-0.2, -0.15) is 13.2 Å². The van der Waals surface area contributed by atoms with Gasteiger partial charge < -0.3 is 14.5 Å². The molecule has 3 nitrogen and oxygen atoms in total. The number of halogens is 3. The van der Waals surface area contributed by atoms with E-state index in [9.17, 15) is 13.2 Å². The Kier molecular flexibility index (Phi) is 7.62. The van der Waals surface area contributed by atoms with Gasteiger partial charge in [0, 0.05) is 55.7 Å². The van der Waals surface area contributed by atoms with Gasteiger partial charge in [-0.15, -0.1) is 11.3 Å². The van der Waals surface area contributed by atoms with Gasteiger partial charge in [0.1, 0.15) is 11.5 Å². The molecular weight excluding hydrogens is 602 g/mol. The third-order valence-electron chi connectivity index (χ3n) is 8.03. The van der Waals surface area contributed by atoms with Crippen molar-refractivity contribution in [2.45, 2.75) is 13.1 Å². The quantitative estimate of drug-likeness (QED) is 0.174. The highest BCUT2D eigenvalue weighted by Gasteiger charge is 2.30. The van der Waals surface area contributed by atoms with E-state index in [-0.39, 0.29) is 0 Å². The molecule has 1 aromatic heterocycles. The van der Waals surface area contributed by atoms with Crippen LogP contribution < -0.4 is 14.5 Å². The van der Waals surface area contributed by atoms with E-state index in [1.54, 1.807) is 11.3 Å². The molecule has 0 fully saturated rings. The zero-order valence-corrected chi connectivity index (χ0v) is 25.9. The zero-order valence-electron chi connectivity index (χ0n) is 25.1. The maximum Gasteiger partial charge on any atom is 0.416 e. The smallest absolute Gasteiger partial charge is 0.416 e. The zero-order chi connectivity index (χ0) is 31.8. The lowest BCUT2D eigenvalue weighted by Gasteiger charge is -2.25. The summed E-state index contributed by atoms with van der Waals surface area (Å²) in [4.78, 5) is 4.13. The minimum atomic E-state index is -4.36. The van der Waals surface area contributed by atoms with Crippen molar-refractivity contribution in [1.29, 1.82) is 0 Å². The molecular formula is C39H29F3N2OS. The van der Waals surface area contributed by atoms with E-state index < -0.39 is 11.7 Å². The maximum absolute atomic E-state index is 13.1. The van der Waals surface area contributed by atoms with Crippen LogP contribution in [0.1, 0.15) is 11.1 Å². The molecule has 0 N–H and O–H groups in total. The van der Waals surface area contributed by atoms with E-state index in [0.717, 1.165) is 66.6 Å². The van der Waals surface area contributed by atoms with Crippen molar-refractivity contribution in [2.24, 2.45) is 0 Å². The Morgan fingerprint density at radius 3 is 1.65 bits per heavy atom. The van der Waals surface area contributed by atoms with E-state index in [2.05, 4.69) is 66.4 Å². The van der Waals surface area contributed by atoms with Crippen molar-refractivity contribution < 1.29 is 17.9 Å². The van der Waals surface area contributed by atoms with Crippen LogP contribution in [-0.2, 0) is 6.18 Å². The average Bonchev–Trinajstić information content (AvgIpc) is 3.44. The first-order valence-electron chi connectivity index (χ1n) is 14.8. The summed E-state index contributed by atoms with van der Waals surface area (Å²) in [6.07, 6.45) is -4.36. The number of anilines is 5. The first-order chi connectivity index (χ1) is 22.2. The molecule has 0 aliphatic heterocycles. The molecule has 6 aromatic carbocycles. The second-order valence-corrected chi connectivity index (χ2v) is 12.2. The number of nitrogens with zero attached hydrogens (tertiary/aromatic N) is 2. The van der Waals surface area contributed by atoms with E-state index in [1.807, 2.05) is 72.6 Å². The number of hydrogen-bond donors (Lipinski definition) is 0. The number of thiophene rings is 1. The SMILES string of the molecule is Cc1ccc(Oc2ccc(N(c3ccccc3)c3ccc4c(c3)sc3cc(N(C)c5ccc(C(F)(F)F)cc5)ccc34)cc2)cc1. The molecule has 0 saturated carbocycles. The van der Waals surface area contributed by atoms with Gasteiger partial charge in [-0.05, 0) is 104 Å².